The largest absolute Gasteiger partial charge is 0.431 e. The second-order valence-electron chi connectivity index (χ2n) is 2.45. The predicted octanol–water partition coefficient (Wildman–Crippen LogP) is 1.15. The smallest absolute Gasteiger partial charge is 0.372 e. The molecule has 0 saturated heterocycles. The van der Waals surface area contributed by atoms with Crippen LogP contribution in [0.5, 0.6) is 0 Å². The van der Waals surface area contributed by atoms with Crippen molar-refractivity contribution in [2.75, 3.05) is 0 Å². The maximum Gasteiger partial charge on any atom is 0.431 e. The Balaban J connectivity index is 3.15. The molecule has 0 atom stereocenters. The molecule has 0 aliphatic heterocycles. The van der Waals surface area contributed by atoms with E-state index in [-0.39, 0.29) is 0 Å². The maximum absolute atomic E-state index is 11.2. The van der Waals surface area contributed by atoms with Crippen LogP contribution in [0.25, 0.3) is 10.9 Å². The van der Waals surface area contributed by atoms with E-state index in [1.54, 1.807) is 47.1 Å². The number of halogens is 1. The molecule has 0 N–H and O–H groups in total. The summed E-state index contributed by atoms with van der Waals surface area (Å²) in [5.41, 5.74) is -0.0159. The van der Waals surface area contributed by atoms with E-state index in [9.17, 15) is 9.59 Å². The third-order valence-electron chi connectivity index (χ3n) is 1.68. The Kier molecular flexibility index (Phi) is 1.95. The van der Waals surface area contributed by atoms with Gasteiger partial charge in [0.1, 0.15) is 0 Å². The van der Waals surface area contributed by atoms with Gasteiger partial charge >= 0.3 is 11.4 Å². The van der Waals surface area contributed by atoms with Gasteiger partial charge in [0.15, 0.2) is 0 Å². The first-order valence-corrected chi connectivity index (χ1v) is 4.47. The van der Waals surface area contributed by atoms with Gasteiger partial charge in [-0.2, -0.15) is 0 Å². The first-order valence-electron chi connectivity index (χ1n) is 3.51. The summed E-state index contributed by atoms with van der Waals surface area (Å²) in [6.07, 6.45) is 0. The van der Waals surface area contributed by atoms with E-state index in [4.69, 9.17) is 0 Å². The first-order chi connectivity index (χ1) is 6.20. The van der Waals surface area contributed by atoms with Gasteiger partial charge in [0, 0.05) is 0 Å². The molecule has 1 aromatic carbocycles. The van der Waals surface area contributed by atoms with Crippen LogP contribution in [-0.2, 0) is 0 Å². The highest BCUT2D eigenvalue weighted by molar-refractivity contribution is 14.1. The van der Waals surface area contributed by atoms with Gasteiger partial charge in [0.2, 0.25) is 0 Å². The molecule has 0 amide bonds. The number of nitrogens with zero attached hydrogens (tertiary/aromatic N) is 1. The average molecular weight is 289 g/mol. The van der Waals surface area contributed by atoms with Crippen molar-refractivity contribution >= 4 is 33.8 Å². The van der Waals surface area contributed by atoms with Gasteiger partial charge < -0.3 is 4.42 Å². The average Bonchev–Trinajstić information content (AvgIpc) is 2.15. The standard InChI is InChI=1S/C8H4INO3/c9-10-6-4-2-1-3-5(6)7(11)13-8(10)12/h1-4H. The minimum Gasteiger partial charge on any atom is -0.372 e. The highest BCUT2D eigenvalue weighted by Crippen LogP contribution is 2.08. The van der Waals surface area contributed by atoms with Crippen LogP contribution >= 0.6 is 22.9 Å². The van der Waals surface area contributed by atoms with Crippen LogP contribution in [0.4, 0.5) is 0 Å². The van der Waals surface area contributed by atoms with Crippen LogP contribution in [0.1, 0.15) is 0 Å². The summed E-state index contributed by atoms with van der Waals surface area (Å²) in [7, 11) is 0. The van der Waals surface area contributed by atoms with Crippen molar-refractivity contribution in [1.82, 2.24) is 2.78 Å². The van der Waals surface area contributed by atoms with E-state index in [1.807, 2.05) is 0 Å². The maximum atomic E-state index is 11.2. The van der Waals surface area contributed by atoms with Gasteiger partial charge in [-0.3, -0.25) is 0 Å². The number of fused-ring (bicyclic) bond motifs is 1. The van der Waals surface area contributed by atoms with Crippen LogP contribution < -0.4 is 11.4 Å². The lowest BCUT2D eigenvalue weighted by atomic mass is 10.2. The zero-order chi connectivity index (χ0) is 9.42. The molecule has 4 nitrogen and oxygen atoms in total. The van der Waals surface area contributed by atoms with Gasteiger partial charge in [-0.15, -0.1) is 0 Å². The van der Waals surface area contributed by atoms with E-state index < -0.39 is 11.4 Å². The van der Waals surface area contributed by atoms with Crippen LogP contribution in [0.15, 0.2) is 38.3 Å². The molecule has 0 aliphatic rings. The van der Waals surface area contributed by atoms with Crippen molar-refractivity contribution in [2.45, 2.75) is 0 Å². The molecular formula is C8H4INO3. The Morgan fingerprint density at radius 1 is 1.23 bits per heavy atom. The highest BCUT2D eigenvalue weighted by atomic mass is 127. The lowest BCUT2D eigenvalue weighted by molar-refractivity contribution is 0.457. The Morgan fingerprint density at radius 2 is 1.92 bits per heavy atom. The Bertz CT molecular complexity index is 569. The summed E-state index contributed by atoms with van der Waals surface area (Å²) in [4.78, 5) is 22.2. The fraction of sp³-hybridized carbons (Fsp3) is 0. The first kappa shape index (κ1) is 8.49. The van der Waals surface area contributed by atoms with Crippen molar-refractivity contribution in [2.24, 2.45) is 0 Å². The lowest BCUT2D eigenvalue weighted by Crippen LogP contribution is -2.18. The molecule has 0 spiro atoms. The summed E-state index contributed by atoms with van der Waals surface area (Å²) in [5.74, 6) is -0.649. The second-order valence-corrected chi connectivity index (χ2v) is 3.42. The predicted molar refractivity (Wildman–Crippen MR) is 56.2 cm³/mol. The summed E-state index contributed by atoms with van der Waals surface area (Å²) >= 11 is 1.79. The normalized spacial score (nSPS) is 10.5. The number of rotatable bonds is 0. The minimum atomic E-state index is -0.649. The van der Waals surface area contributed by atoms with Crippen molar-refractivity contribution in [3.05, 3.63) is 45.2 Å². The topological polar surface area (TPSA) is 52.2 Å². The fourth-order valence-electron chi connectivity index (χ4n) is 1.09. The molecule has 13 heavy (non-hydrogen) atoms. The zero-order valence-corrected chi connectivity index (χ0v) is 8.52. The zero-order valence-electron chi connectivity index (χ0n) is 6.36. The van der Waals surface area contributed by atoms with E-state index >= 15 is 0 Å². The molecule has 0 bridgehead atoms. The van der Waals surface area contributed by atoms with Gasteiger partial charge in [0.25, 0.3) is 0 Å². The molecule has 0 radical (unpaired) electrons. The van der Waals surface area contributed by atoms with Crippen molar-refractivity contribution < 1.29 is 4.42 Å². The van der Waals surface area contributed by atoms with E-state index in [0.29, 0.717) is 10.9 Å². The molecule has 0 aliphatic carbocycles. The summed E-state index contributed by atoms with van der Waals surface area (Å²) < 4.78 is 5.74. The lowest BCUT2D eigenvalue weighted by Gasteiger charge is -1.97. The molecule has 0 saturated carbocycles. The van der Waals surface area contributed by atoms with E-state index in [2.05, 4.69) is 4.42 Å². The third-order valence-corrected chi connectivity index (χ3v) is 2.59. The number of hydrogen-bond acceptors (Lipinski definition) is 3. The third kappa shape index (κ3) is 1.28. The molecule has 0 unspecified atom stereocenters. The number of para-hydroxylation sites is 1. The van der Waals surface area contributed by atoms with Crippen LogP contribution in [0.3, 0.4) is 0 Å². The highest BCUT2D eigenvalue weighted by Gasteiger charge is 2.05. The van der Waals surface area contributed by atoms with Crippen LogP contribution in [-0.4, -0.2) is 2.78 Å². The second kappa shape index (κ2) is 2.99. The number of aromatic nitrogens is 1. The monoisotopic (exact) mass is 289 g/mol. The van der Waals surface area contributed by atoms with E-state index in [0.717, 1.165) is 0 Å². The van der Waals surface area contributed by atoms with Crippen LogP contribution in [0.2, 0.25) is 0 Å². The quantitative estimate of drug-likeness (QED) is 0.684. The molecule has 0 fully saturated rings. The van der Waals surface area contributed by atoms with Gasteiger partial charge in [-0.25, -0.2) is 12.4 Å². The Morgan fingerprint density at radius 3 is 2.69 bits per heavy atom. The molecule has 66 valence electrons. The van der Waals surface area contributed by atoms with Gasteiger partial charge in [-0.05, 0) is 12.1 Å². The Hall–Kier alpha value is -1.11. The summed E-state index contributed by atoms with van der Waals surface area (Å²) in [5, 5.41) is 0.413. The molecule has 2 aromatic rings. The number of benzene rings is 1. The van der Waals surface area contributed by atoms with Gasteiger partial charge in [-0.1, -0.05) is 12.1 Å². The summed E-state index contributed by atoms with van der Waals surface area (Å²) in [6, 6.07) is 6.80. The van der Waals surface area contributed by atoms with Gasteiger partial charge in [0.05, 0.1) is 33.8 Å². The van der Waals surface area contributed by atoms with Crippen molar-refractivity contribution in [1.29, 1.82) is 0 Å². The Labute approximate surface area is 86.3 Å². The fourth-order valence-corrected chi connectivity index (χ4v) is 1.61. The molecule has 5 heteroatoms. The van der Waals surface area contributed by atoms with Crippen molar-refractivity contribution in [3.8, 4) is 0 Å². The van der Waals surface area contributed by atoms with E-state index in [1.165, 1.54) is 2.78 Å². The molecular weight excluding hydrogens is 285 g/mol. The molecule has 1 heterocycles. The number of hydrogen-bond donors (Lipinski definition) is 0. The molecule has 1 aromatic heterocycles. The molecule has 2 rings (SSSR count). The van der Waals surface area contributed by atoms with Crippen molar-refractivity contribution in [3.63, 3.8) is 0 Å². The van der Waals surface area contributed by atoms with Crippen LogP contribution in [0, 0.1) is 0 Å². The summed E-state index contributed by atoms with van der Waals surface area (Å²) in [6.45, 7) is 0. The SMILES string of the molecule is O=c1oc(=O)n(I)c2ccccc12. The minimum absolute atomic E-state index is 0.413.